The quantitative estimate of drug-likeness (QED) is 0.209. The number of ketones is 1. The minimum atomic E-state index is -1.06. The summed E-state index contributed by atoms with van der Waals surface area (Å²) in [7, 11) is 0. The van der Waals surface area contributed by atoms with E-state index in [1.807, 2.05) is 58.0 Å². The van der Waals surface area contributed by atoms with Gasteiger partial charge in [-0.2, -0.15) is 0 Å². The number of hydrogen-bond donors (Lipinski definition) is 4. The SMILES string of the molecule is CCC[C@H](NC(=O)[C@@H]1[C@H]2CCC[C@H]2CN1C(=O)[C@@H](NC(=O)[C@@H](NC(=O)c1cnccn1)C1CCCCC1)C(C)(C)C)C(=O)C(=O)N[C@@H](C)c1ccccc1. The first-order chi connectivity index (χ1) is 25.8. The number of aromatic nitrogens is 2. The molecule has 2 aliphatic carbocycles. The van der Waals surface area contributed by atoms with E-state index in [1.54, 1.807) is 11.8 Å². The Kier molecular flexibility index (Phi) is 13.6. The Morgan fingerprint density at radius 3 is 2.24 bits per heavy atom. The van der Waals surface area contributed by atoms with Crippen LogP contribution in [0.5, 0.6) is 0 Å². The first-order valence-electron chi connectivity index (χ1n) is 19.7. The van der Waals surface area contributed by atoms with Gasteiger partial charge in [-0.3, -0.25) is 33.8 Å². The molecule has 1 aliphatic heterocycles. The normalized spacial score (nSPS) is 22.2. The monoisotopic (exact) mass is 743 g/mol. The second-order valence-corrected chi connectivity index (χ2v) is 16.4. The molecule has 0 bridgehead atoms. The molecule has 2 aromatic rings. The Bertz CT molecular complexity index is 1640. The van der Waals surface area contributed by atoms with Crippen molar-refractivity contribution in [2.45, 2.75) is 129 Å². The molecule has 3 aliphatic rings. The smallest absolute Gasteiger partial charge is 0.290 e. The minimum absolute atomic E-state index is 0.0927. The van der Waals surface area contributed by atoms with Crippen molar-refractivity contribution >= 4 is 35.3 Å². The Morgan fingerprint density at radius 2 is 1.59 bits per heavy atom. The van der Waals surface area contributed by atoms with E-state index in [9.17, 15) is 28.8 Å². The van der Waals surface area contributed by atoms with Crippen LogP contribution in [0.25, 0.3) is 0 Å². The largest absolute Gasteiger partial charge is 0.344 e. The topological polar surface area (TPSA) is 180 Å². The summed E-state index contributed by atoms with van der Waals surface area (Å²) in [6.07, 6.45) is 12.0. The number of nitrogens with zero attached hydrogens (tertiary/aromatic N) is 3. The molecule has 292 valence electrons. The van der Waals surface area contributed by atoms with E-state index >= 15 is 0 Å². The second kappa shape index (κ2) is 18.1. The van der Waals surface area contributed by atoms with Crippen LogP contribution in [0.15, 0.2) is 48.9 Å². The van der Waals surface area contributed by atoms with Crippen molar-refractivity contribution in [3.8, 4) is 0 Å². The van der Waals surface area contributed by atoms with Crippen LogP contribution in [0.1, 0.15) is 121 Å². The molecular formula is C41H57N7O6. The lowest BCUT2D eigenvalue weighted by molar-refractivity contribution is -0.146. The number of carbonyl (C=O) groups is 6. The summed E-state index contributed by atoms with van der Waals surface area (Å²) in [4.78, 5) is 92.8. The third-order valence-corrected chi connectivity index (χ3v) is 11.4. The Hall–Kier alpha value is -4.68. The predicted octanol–water partition coefficient (Wildman–Crippen LogP) is 4.04. The van der Waals surface area contributed by atoms with Gasteiger partial charge in [0.1, 0.15) is 23.8 Å². The standard InChI is InChI=1S/C41H57N7O6/c1-6-14-30(34(49)39(53)44-25(2)26-15-9-7-10-16-26)45-38(52)33-29-20-13-19-28(29)24-48(33)40(54)35(41(3,4)5)47-37(51)32(27-17-11-8-12-18-27)46-36(50)31-23-42-21-22-43-31/h7,9-10,15-16,21-23,25,27-30,32-33,35H,6,8,11-14,17-20,24H2,1-5H3,(H,44,53)(H,45,52)(H,46,50)(H,47,51)/t25-,28-,29-,30-,32-,33-,35+/m0/s1. The van der Waals surface area contributed by atoms with Crippen LogP contribution in [-0.2, 0) is 24.0 Å². The highest BCUT2D eigenvalue weighted by Gasteiger charge is 2.52. The summed E-state index contributed by atoms with van der Waals surface area (Å²) in [5.41, 5.74) is 0.182. The number of Topliss-reactive ketones (excluding diaryl/α,β-unsaturated/α-hetero) is 1. The van der Waals surface area contributed by atoms with Crippen LogP contribution < -0.4 is 21.3 Å². The first kappa shape index (κ1) is 40.5. The zero-order valence-corrected chi connectivity index (χ0v) is 32.3. The lowest BCUT2D eigenvalue weighted by Gasteiger charge is -2.38. The first-order valence-corrected chi connectivity index (χ1v) is 19.7. The van der Waals surface area contributed by atoms with E-state index in [0.29, 0.717) is 13.0 Å². The van der Waals surface area contributed by atoms with Crippen molar-refractivity contribution in [2.75, 3.05) is 6.54 Å². The van der Waals surface area contributed by atoms with Gasteiger partial charge in [0.05, 0.1) is 18.3 Å². The summed E-state index contributed by atoms with van der Waals surface area (Å²) < 4.78 is 0. The molecule has 54 heavy (non-hydrogen) atoms. The van der Waals surface area contributed by atoms with Gasteiger partial charge < -0.3 is 26.2 Å². The lowest BCUT2D eigenvalue weighted by Crippen LogP contribution is -2.62. The average molecular weight is 744 g/mol. The van der Waals surface area contributed by atoms with Crippen molar-refractivity contribution in [1.29, 1.82) is 0 Å². The number of hydrogen-bond acceptors (Lipinski definition) is 8. The minimum Gasteiger partial charge on any atom is -0.344 e. The van der Waals surface area contributed by atoms with Crippen LogP contribution in [0.2, 0.25) is 0 Å². The second-order valence-electron chi connectivity index (χ2n) is 16.4. The molecule has 13 heteroatoms. The van der Waals surface area contributed by atoms with Crippen LogP contribution >= 0.6 is 0 Å². The lowest BCUT2D eigenvalue weighted by atomic mass is 9.82. The van der Waals surface area contributed by atoms with Crippen molar-refractivity contribution in [1.82, 2.24) is 36.1 Å². The fraction of sp³-hybridized carbons (Fsp3) is 0.610. The fourth-order valence-corrected chi connectivity index (χ4v) is 8.48. The van der Waals surface area contributed by atoms with E-state index in [2.05, 4.69) is 31.2 Å². The number of carbonyl (C=O) groups excluding carboxylic acids is 6. The molecule has 13 nitrogen and oxygen atoms in total. The van der Waals surface area contributed by atoms with Crippen LogP contribution in [0, 0.1) is 23.2 Å². The van der Waals surface area contributed by atoms with Gasteiger partial charge in [0.2, 0.25) is 23.5 Å². The zero-order valence-electron chi connectivity index (χ0n) is 32.3. The van der Waals surface area contributed by atoms with Crippen molar-refractivity contribution in [2.24, 2.45) is 23.2 Å². The van der Waals surface area contributed by atoms with Gasteiger partial charge in [-0.15, -0.1) is 0 Å². The van der Waals surface area contributed by atoms with Crippen molar-refractivity contribution < 1.29 is 28.8 Å². The van der Waals surface area contributed by atoms with Gasteiger partial charge in [-0.25, -0.2) is 4.98 Å². The average Bonchev–Trinajstić information content (AvgIpc) is 3.77. The third kappa shape index (κ3) is 9.70. The van der Waals surface area contributed by atoms with Gasteiger partial charge >= 0.3 is 0 Å². The van der Waals surface area contributed by atoms with E-state index in [1.165, 1.54) is 18.6 Å². The molecule has 3 fully saturated rings. The molecule has 5 rings (SSSR count). The van der Waals surface area contributed by atoms with Crippen LogP contribution in [0.3, 0.4) is 0 Å². The molecule has 7 atom stereocenters. The zero-order chi connectivity index (χ0) is 39.0. The summed E-state index contributed by atoms with van der Waals surface area (Å²) >= 11 is 0. The van der Waals surface area contributed by atoms with E-state index in [0.717, 1.165) is 56.9 Å². The molecular weight excluding hydrogens is 686 g/mol. The summed E-state index contributed by atoms with van der Waals surface area (Å²) in [5.74, 6) is -3.49. The third-order valence-electron chi connectivity index (χ3n) is 11.4. The molecule has 5 amide bonds. The number of rotatable bonds is 14. The Balaban J connectivity index is 1.34. The van der Waals surface area contributed by atoms with E-state index in [4.69, 9.17) is 0 Å². The Morgan fingerprint density at radius 1 is 0.870 bits per heavy atom. The van der Waals surface area contributed by atoms with Gasteiger partial charge in [-0.05, 0) is 67.8 Å². The molecule has 0 spiro atoms. The molecule has 2 saturated carbocycles. The maximum absolute atomic E-state index is 14.7. The number of benzene rings is 1. The molecule has 1 aromatic heterocycles. The van der Waals surface area contributed by atoms with Gasteiger partial charge in [0.15, 0.2) is 0 Å². The molecule has 4 N–H and O–H groups in total. The van der Waals surface area contributed by atoms with Crippen molar-refractivity contribution in [3.63, 3.8) is 0 Å². The highest BCUT2D eigenvalue weighted by Crippen LogP contribution is 2.43. The summed E-state index contributed by atoms with van der Waals surface area (Å²) in [6, 6.07) is 5.06. The van der Waals surface area contributed by atoms with Gasteiger partial charge in [0.25, 0.3) is 11.8 Å². The van der Waals surface area contributed by atoms with E-state index < -0.39 is 65.0 Å². The number of fused-ring (bicyclic) bond motifs is 1. The fourth-order valence-electron chi connectivity index (χ4n) is 8.48. The predicted molar refractivity (Wildman–Crippen MR) is 202 cm³/mol. The summed E-state index contributed by atoms with van der Waals surface area (Å²) in [5, 5.41) is 11.6. The molecule has 2 heterocycles. The Labute approximate surface area is 318 Å². The van der Waals surface area contributed by atoms with Gasteiger partial charge in [0, 0.05) is 18.9 Å². The number of nitrogens with one attached hydrogen (secondary N) is 4. The van der Waals surface area contributed by atoms with Gasteiger partial charge in [-0.1, -0.05) is 90.1 Å². The molecule has 0 radical (unpaired) electrons. The van der Waals surface area contributed by atoms with Crippen molar-refractivity contribution in [3.05, 3.63) is 60.2 Å². The molecule has 1 aromatic carbocycles. The highest BCUT2D eigenvalue weighted by molar-refractivity contribution is 6.38. The molecule has 1 saturated heterocycles. The maximum atomic E-state index is 14.7. The number of amides is 5. The van der Waals surface area contributed by atoms with Crippen LogP contribution in [-0.4, -0.2) is 80.9 Å². The summed E-state index contributed by atoms with van der Waals surface area (Å²) in [6.45, 7) is 9.61. The van der Waals surface area contributed by atoms with Crippen LogP contribution in [0.4, 0.5) is 0 Å². The molecule has 0 unspecified atom stereocenters. The maximum Gasteiger partial charge on any atom is 0.290 e. The number of likely N-dealkylation sites (tertiary alicyclic amines) is 1. The van der Waals surface area contributed by atoms with E-state index in [-0.39, 0.29) is 35.8 Å². The highest BCUT2D eigenvalue weighted by atomic mass is 16.2.